The van der Waals surface area contributed by atoms with Gasteiger partial charge in [0.05, 0.1) is 12.1 Å². The molecule has 4 N–H and O–H groups in total. The van der Waals surface area contributed by atoms with Crippen molar-refractivity contribution in [2.45, 2.75) is 20.4 Å². The second-order valence-corrected chi connectivity index (χ2v) is 3.94. The summed E-state index contributed by atoms with van der Waals surface area (Å²) in [5.74, 6) is -1.14. The van der Waals surface area contributed by atoms with Crippen LogP contribution in [0.25, 0.3) is 0 Å². The van der Waals surface area contributed by atoms with E-state index in [1.165, 1.54) is 0 Å². The number of hydrogen-bond acceptors (Lipinski definition) is 5. The molecule has 0 saturated heterocycles. The molecule has 0 aliphatic rings. The Kier molecular flexibility index (Phi) is 3.27. The Labute approximate surface area is 107 Å². The Morgan fingerprint density at radius 2 is 2.11 bits per heavy atom. The fourth-order valence-corrected chi connectivity index (χ4v) is 1.81. The fraction of sp³-hybridized carbons (Fsp3) is 0.300. The average molecular weight is 264 g/mol. The van der Waals surface area contributed by atoms with Gasteiger partial charge in [-0.15, -0.1) is 10.2 Å². The van der Waals surface area contributed by atoms with Gasteiger partial charge in [-0.1, -0.05) is 5.21 Å². The predicted molar refractivity (Wildman–Crippen MR) is 62.6 cm³/mol. The smallest absolute Gasteiger partial charge is 0.352 e. The SMILES string of the molecule is Cc1[nH]c(C(=O)O)c(C)c1C(=O)NCc1nn[nH]n1. The third-order valence-corrected chi connectivity index (χ3v) is 2.67. The lowest BCUT2D eigenvalue weighted by Gasteiger charge is -2.03. The van der Waals surface area contributed by atoms with E-state index in [4.69, 9.17) is 5.11 Å². The molecule has 0 bridgehead atoms. The third kappa shape index (κ3) is 2.44. The fourth-order valence-electron chi connectivity index (χ4n) is 1.81. The molecule has 19 heavy (non-hydrogen) atoms. The van der Waals surface area contributed by atoms with Crippen molar-refractivity contribution in [2.75, 3.05) is 0 Å². The van der Waals surface area contributed by atoms with Crippen LogP contribution >= 0.6 is 0 Å². The number of hydrogen-bond donors (Lipinski definition) is 4. The van der Waals surface area contributed by atoms with Gasteiger partial charge in [-0.05, 0) is 19.4 Å². The minimum atomic E-state index is -1.10. The van der Waals surface area contributed by atoms with Crippen LogP contribution in [0.4, 0.5) is 0 Å². The van der Waals surface area contributed by atoms with E-state index in [-0.39, 0.29) is 18.1 Å². The van der Waals surface area contributed by atoms with Crippen molar-refractivity contribution < 1.29 is 14.7 Å². The van der Waals surface area contributed by atoms with Crippen molar-refractivity contribution in [3.05, 3.63) is 28.3 Å². The Balaban J connectivity index is 2.17. The molecule has 0 unspecified atom stereocenters. The van der Waals surface area contributed by atoms with Gasteiger partial charge in [0.1, 0.15) is 5.69 Å². The lowest BCUT2D eigenvalue weighted by molar-refractivity contribution is 0.0690. The number of nitrogens with one attached hydrogen (secondary N) is 3. The predicted octanol–water partition coefficient (Wildman–Crippen LogP) is -0.227. The first-order valence-electron chi connectivity index (χ1n) is 5.43. The van der Waals surface area contributed by atoms with Gasteiger partial charge in [0, 0.05) is 5.69 Å². The van der Waals surface area contributed by atoms with E-state index in [1.54, 1.807) is 13.8 Å². The van der Waals surface area contributed by atoms with Gasteiger partial charge in [0.25, 0.3) is 5.91 Å². The number of aromatic nitrogens is 5. The summed E-state index contributed by atoms with van der Waals surface area (Å²) in [5, 5.41) is 24.6. The summed E-state index contributed by atoms with van der Waals surface area (Å²) in [4.78, 5) is 25.6. The number of nitrogens with zero attached hydrogens (tertiary/aromatic N) is 3. The van der Waals surface area contributed by atoms with Gasteiger partial charge < -0.3 is 15.4 Å². The Hall–Kier alpha value is -2.71. The zero-order valence-corrected chi connectivity index (χ0v) is 10.3. The molecule has 2 aromatic rings. The van der Waals surface area contributed by atoms with Crippen LogP contribution in [0.15, 0.2) is 0 Å². The molecule has 0 aromatic carbocycles. The van der Waals surface area contributed by atoms with Gasteiger partial charge in [0.2, 0.25) is 0 Å². The maximum atomic E-state index is 12.0. The molecular weight excluding hydrogens is 252 g/mol. The van der Waals surface area contributed by atoms with Gasteiger partial charge in [0.15, 0.2) is 5.82 Å². The zero-order chi connectivity index (χ0) is 14.0. The molecule has 2 heterocycles. The van der Waals surface area contributed by atoms with E-state index in [2.05, 4.69) is 30.9 Å². The summed E-state index contributed by atoms with van der Waals surface area (Å²) in [6.45, 7) is 3.33. The third-order valence-electron chi connectivity index (χ3n) is 2.67. The van der Waals surface area contributed by atoms with Crippen LogP contribution in [-0.2, 0) is 6.54 Å². The number of carbonyl (C=O) groups is 2. The zero-order valence-electron chi connectivity index (χ0n) is 10.3. The van der Waals surface area contributed by atoms with Gasteiger partial charge in [-0.2, -0.15) is 5.21 Å². The molecule has 0 aliphatic carbocycles. The molecule has 2 rings (SSSR count). The number of carbonyl (C=O) groups excluding carboxylic acids is 1. The number of carboxylic acid groups (broad SMARTS) is 1. The number of H-pyrrole nitrogens is 2. The first kappa shape index (κ1) is 12.7. The van der Waals surface area contributed by atoms with Crippen molar-refractivity contribution in [1.82, 2.24) is 30.9 Å². The molecule has 0 spiro atoms. The van der Waals surface area contributed by atoms with Crippen LogP contribution in [0.1, 0.15) is 37.9 Å². The highest BCUT2D eigenvalue weighted by Crippen LogP contribution is 2.17. The van der Waals surface area contributed by atoms with E-state index in [9.17, 15) is 9.59 Å². The van der Waals surface area contributed by atoms with Crippen LogP contribution in [0.5, 0.6) is 0 Å². The number of aromatic carboxylic acids is 1. The number of aromatic amines is 2. The van der Waals surface area contributed by atoms with E-state index in [0.717, 1.165) is 0 Å². The minimum absolute atomic E-state index is 0.0159. The topological polar surface area (TPSA) is 137 Å². The van der Waals surface area contributed by atoms with Crippen LogP contribution in [0, 0.1) is 13.8 Å². The molecular formula is C10H12N6O3. The molecule has 2 aromatic heterocycles. The first-order chi connectivity index (χ1) is 9.00. The van der Waals surface area contributed by atoms with Crippen LogP contribution in [0.2, 0.25) is 0 Å². The van der Waals surface area contributed by atoms with E-state index in [1.807, 2.05) is 0 Å². The maximum Gasteiger partial charge on any atom is 0.352 e. The highest BCUT2D eigenvalue weighted by atomic mass is 16.4. The standard InChI is InChI=1S/C10H12N6O3/c1-4-7(5(2)12-8(4)10(18)19)9(17)11-3-6-13-15-16-14-6/h12H,3H2,1-2H3,(H,11,17)(H,18,19)(H,13,14,15,16). The summed E-state index contributed by atoms with van der Waals surface area (Å²) in [7, 11) is 0. The Morgan fingerprint density at radius 1 is 1.37 bits per heavy atom. The molecule has 0 radical (unpaired) electrons. The number of carboxylic acids is 1. The number of rotatable bonds is 4. The quantitative estimate of drug-likeness (QED) is 0.602. The Morgan fingerprint density at radius 3 is 2.63 bits per heavy atom. The van der Waals surface area contributed by atoms with Crippen molar-refractivity contribution in [2.24, 2.45) is 0 Å². The van der Waals surface area contributed by atoms with E-state index >= 15 is 0 Å². The molecule has 0 saturated carbocycles. The number of amides is 1. The Bertz CT molecular complexity index is 615. The largest absolute Gasteiger partial charge is 0.477 e. The van der Waals surface area contributed by atoms with Crippen molar-refractivity contribution in [1.29, 1.82) is 0 Å². The van der Waals surface area contributed by atoms with Gasteiger partial charge >= 0.3 is 5.97 Å². The number of tetrazole rings is 1. The van der Waals surface area contributed by atoms with E-state index in [0.29, 0.717) is 22.6 Å². The molecule has 0 fully saturated rings. The monoisotopic (exact) mass is 264 g/mol. The lowest BCUT2D eigenvalue weighted by atomic mass is 10.1. The van der Waals surface area contributed by atoms with Crippen molar-refractivity contribution in [3.63, 3.8) is 0 Å². The van der Waals surface area contributed by atoms with Gasteiger partial charge in [-0.25, -0.2) is 4.79 Å². The summed E-state index contributed by atoms with van der Waals surface area (Å²) in [6, 6.07) is 0. The average Bonchev–Trinajstić information content (AvgIpc) is 2.94. The normalized spacial score (nSPS) is 10.4. The van der Waals surface area contributed by atoms with Crippen molar-refractivity contribution >= 4 is 11.9 Å². The highest BCUT2D eigenvalue weighted by Gasteiger charge is 2.21. The molecule has 9 nitrogen and oxygen atoms in total. The number of aryl methyl sites for hydroxylation is 1. The molecule has 0 aliphatic heterocycles. The summed E-state index contributed by atoms with van der Waals surface area (Å²) >= 11 is 0. The highest BCUT2D eigenvalue weighted by molar-refractivity contribution is 6.00. The van der Waals surface area contributed by atoms with Crippen molar-refractivity contribution in [3.8, 4) is 0 Å². The van der Waals surface area contributed by atoms with Crippen LogP contribution < -0.4 is 5.32 Å². The second-order valence-electron chi connectivity index (χ2n) is 3.94. The summed E-state index contributed by atoms with van der Waals surface area (Å²) in [5.41, 5.74) is 1.24. The maximum absolute atomic E-state index is 12.0. The lowest BCUT2D eigenvalue weighted by Crippen LogP contribution is -2.24. The molecule has 0 atom stereocenters. The van der Waals surface area contributed by atoms with Gasteiger partial charge in [-0.3, -0.25) is 4.79 Å². The summed E-state index contributed by atoms with van der Waals surface area (Å²) < 4.78 is 0. The minimum Gasteiger partial charge on any atom is -0.477 e. The first-order valence-corrected chi connectivity index (χ1v) is 5.43. The second kappa shape index (κ2) is 4.88. The summed E-state index contributed by atoms with van der Waals surface area (Å²) in [6.07, 6.45) is 0. The molecule has 1 amide bonds. The van der Waals surface area contributed by atoms with Crippen LogP contribution in [-0.4, -0.2) is 42.6 Å². The van der Waals surface area contributed by atoms with E-state index < -0.39 is 5.97 Å². The van der Waals surface area contributed by atoms with Crippen LogP contribution in [0.3, 0.4) is 0 Å². The molecule has 9 heteroatoms. The molecule has 100 valence electrons.